The van der Waals surface area contributed by atoms with E-state index in [0.29, 0.717) is 17.0 Å². The molecule has 2 aromatic carbocycles. The van der Waals surface area contributed by atoms with Crippen molar-refractivity contribution in [1.29, 1.82) is 5.26 Å². The fourth-order valence-corrected chi connectivity index (χ4v) is 2.25. The maximum atomic E-state index is 12.0. The molecular formula is C20H20N2O4. The lowest BCUT2D eigenvalue weighted by Crippen LogP contribution is -2.29. The number of esters is 1. The molecule has 6 nitrogen and oxygen atoms in total. The first-order chi connectivity index (χ1) is 12.5. The summed E-state index contributed by atoms with van der Waals surface area (Å²) in [5.74, 6) is -0.618. The predicted molar refractivity (Wildman–Crippen MR) is 96.7 cm³/mol. The van der Waals surface area contributed by atoms with Gasteiger partial charge in [0.2, 0.25) is 0 Å². The van der Waals surface area contributed by atoms with Gasteiger partial charge in [0.1, 0.15) is 5.75 Å². The fraction of sp³-hybridized carbons (Fsp3) is 0.250. The van der Waals surface area contributed by atoms with Crippen LogP contribution in [0.2, 0.25) is 0 Å². The van der Waals surface area contributed by atoms with E-state index >= 15 is 0 Å². The molecule has 0 aliphatic heterocycles. The van der Waals surface area contributed by atoms with Gasteiger partial charge in [-0.25, -0.2) is 4.79 Å². The summed E-state index contributed by atoms with van der Waals surface area (Å²) >= 11 is 0. The number of hydrogen-bond acceptors (Lipinski definition) is 5. The molecule has 0 fully saturated rings. The quantitative estimate of drug-likeness (QED) is 0.774. The predicted octanol–water partition coefficient (Wildman–Crippen LogP) is 3.07. The van der Waals surface area contributed by atoms with Gasteiger partial charge in [-0.2, -0.15) is 5.26 Å². The molecule has 2 aromatic rings. The topological polar surface area (TPSA) is 88.4 Å². The van der Waals surface area contributed by atoms with Crippen LogP contribution in [-0.4, -0.2) is 24.6 Å². The van der Waals surface area contributed by atoms with Crippen LogP contribution in [0, 0.1) is 11.3 Å². The SMILES string of the molecule is CCc1ccccc1NC(=O)COC(=O)C(C)Oc1ccc(C#N)cc1. The lowest BCUT2D eigenvalue weighted by molar-refractivity contribution is -0.153. The van der Waals surface area contributed by atoms with Gasteiger partial charge in [0.25, 0.3) is 5.91 Å². The normalized spacial score (nSPS) is 11.1. The van der Waals surface area contributed by atoms with Gasteiger partial charge >= 0.3 is 5.97 Å². The Bertz CT molecular complexity index is 809. The molecule has 2 rings (SSSR count). The minimum absolute atomic E-state index is 0.391. The van der Waals surface area contributed by atoms with Gasteiger partial charge in [-0.3, -0.25) is 4.79 Å². The second kappa shape index (κ2) is 9.23. The minimum Gasteiger partial charge on any atom is -0.479 e. The summed E-state index contributed by atoms with van der Waals surface area (Å²) in [6, 6.07) is 15.8. The van der Waals surface area contributed by atoms with Crippen molar-refractivity contribution in [3.8, 4) is 11.8 Å². The molecule has 0 aromatic heterocycles. The Morgan fingerprint density at radius 3 is 2.50 bits per heavy atom. The first-order valence-corrected chi connectivity index (χ1v) is 8.24. The number of carbonyl (C=O) groups excluding carboxylic acids is 2. The van der Waals surface area contributed by atoms with Gasteiger partial charge in [-0.1, -0.05) is 25.1 Å². The van der Waals surface area contributed by atoms with Gasteiger partial charge in [0, 0.05) is 5.69 Å². The molecule has 1 amide bonds. The Morgan fingerprint density at radius 2 is 1.85 bits per heavy atom. The Morgan fingerprint density at radius 1 is 1.15 bits per heavy atom. The van der Waals surface area contributed by atoms with Crippen molar-refractivity contribution < 1.29 is 19.1 Å². The number of hydrogen-bond donors (Lipinski definition) is 1. The van der Waals surface area contributed by atoms with E-state index in [2.05, 4.69) is 5.32 Å². The molecule has 0 saturated carbocycles. The number of aryl methyl sites for hydroxylation is 1. The number of nitrogens with one attached hydrogen (secondary N) is 1. The molecule has 1 unspecified atom stereocenters. The fourth-order valence-electron chi connectivity index (χ4n) is 2.25. The molecule has 6 heteroatoms. The van der Waals surface area contributed by atoms with E-state index < -0.39 is 24.6 Å². The van der Waals surface area contributed by atoms with Gasteiger partial charge in [0.05, 0.1) is 11.6 Å². The van der Waals surface area contributed by atoms with Gasteiger partial charge in [-0.15, -0.1) is 0 Å². The van der Waals surface area contributed by atoms with Crippen molar-refractivity contribution in [2.24, 2.45) is 0 Å². The van der Waals surface area contributed by atoms with E-state index in [9.17, 15) is 9.59 Å². The highest BCUT2D eigenvalue weighted by atomic mass is 16.6. The second-order valence-corrected chi connectivity index (χ2v) is 5.56. The van der Waals surface area contributed by atoms with Crippen LogP contribution in [0.25, 0.3) is 0 Å². The first kappa shape index (κ1) is 19.0. The van der Waals surface area contributed by atoms with E-state index in [-0.39, 0.29) is 0 Å². The first-order valence-electron chi connectivity index (χ1n) is 8.24. The second-order valence-electron chi connectivity index (χ2n) is 5.56. The third-order valence-electron chi connectivity index (χ3n) is 3.65. The highest BCUT2D eigenvalue weighted by Crippen LogP contribution is 2.16. The van der Waals surface area contributed by atoms with Crippen molar-refractivity contribution >= 4 is 17.6 Å². The van der Waals surface area contributed by atoms with Crippen LogP contribution < -0.4 is 10.1 Å². The summed E-state index contributed by atoms with van der Waals surface area (Å²) in [6.07, 6.45) is -0.0928. The number of ether oxygens (including phenoxy) is 2. The molecule has 0 saturated heterocycles. The zero-order valence-electron chi connectivity index (χ0n) is 14.7. The van der Waals surface area contributed by atoms with E-state index in [1.165, 1.54) is 6.92 Å². The van der Waals surface area contributed by atoms with Gasteiger partial charge in [0.15, 0.2) is 12.7 Å². The van der Waals surface area contributed by atoms with Crippen LogP contribution in [0.5, 0.6) is 5.75 Å². The highest BCUT2D eigenvalue weighted by molar-refractivity contribution is 5.93. The average Bonchev–Trinajstić information content (AvgIpc) is 2.67. The summed E-state index contributed by atoms with van der Waals surface area (Å²) in [5.41, 5.74) is 2.21. The molecule has 0 radical (unpaired) electrons. The van der Waals surface area contributed by atoms with E-state index in [4.69, 9.17) is 14.7 Å². The van der Waals surface area contributed by atoms with E-state index in [0.717, 1.165) is 12.0 Å². The number of amides is 1. The number of para-hydroxylation sites is 1. The molecular weight excluding hydrogens is 332 g/mol. The van der Waals surface area contributed by atoms with Crippen molar-refractivity contribution in [1.82, 2.24) is 0 Å². The van der Waals surface area contributed by atoms with Crippen molar-refractivity contribution in [3.63, 3.8) is 0 Å². The van der Waals surface area contributed by atoms with Gasteiger partial charge < -0.3 is 14.8 Å². The monoisotopic (exact) mass is 352 g/mol. The number of nitriles is 1. The Balaban J connectivity index is 1.83. The summed E-state index contributed by atoms with van der Waals surface area (Å²) in [5, 5.41) is 11.5. The summed E-state index contributed by atoms with van der Waals surface area (Å²) < 4.78 is 10.4. The third kappa shape index (κ3) is 5.35. The zero-order valence-corrected chi connectivity index (χ0v) is 14.7. The zero-order chi connectivity index (χ0) is 18.9. The molecule has 0 spiro atoms. The summed E-state index contributed by atoms with van der Waals surface area (Å²) in [6.45, 7) is 3.13. The van der Waals surface area contributed by atoms with Crippen LogP contribution in [-0.2, 0) is 20.7 Å². The van der Waals surface area contributed by atoms with E-state index in [1.54, 1.807) is 30.3 Å². The van der Waals surface area contributed by atoms with Crippen LogP contribution in [0.15, 0.2) is 48.5 Å². The standard InChI is InChI=1S/C20H20N2O4/c1-3-16-6-4-5-7-18(16)22-19(23)13-25-20(24)14(2)26-17-10-8-15(12-21)9-11-17/h4-11,14H,3,13H2,1-2H3,(H,22,23). The maximum Gasteiger partial charge on any atom is 0.347 e. The summed E-state index contributed by atoms with van der Waals surface area (Å²) in [7, 11) is 0. The van der Waals surface area contributed by atoms with Crippen LogP contribution in [0.4, 0.5) is 5.69 Å². The lowest BCUT2D eigenvalue weighted by Gasteiger charge is -2.14. The lowest BCUT2D eigenvalue weighted by atomic mass is 10.1. The molecule has 1 atom stereocenters. The molecule has 134 valence electrons. The molecule has 26 heavy (non-hydrogen) atoms. The number of nitrogens with zero attached hydrogens (tertiary/aromatic N) is 1. The average molecular weight is 352 g/mol. The number of carbonyl (C=O) groups is 2. The van der Waals surface area contributed by atoms with Crippen LogP contribution >= 0.6 is 0 Å². The largest absolute Gasteiger partial charge is 0.479 e. The van der Waals surface area contributed by atoms with Crippen molar-refractivity contribution in [2.75, 3.05) is 11.9 Å². The van der Waals surface area contributed by atoms with Crippen molar-refractivity contribution in [3.05, 3.63) is 59.7 Å². The molecule has 0 aliphatic carbocycles. The highest BCUT2D eigenvalue weighted by Gasteiger charge is 2.18. The van der Waals surface area contributed by atoms with Crippen molar-refractivity contribution in [2.45, 2.75) is 26.4 Å². The Labute approximate surface area is 152 Å². The van der Waals surface area contributed by atoms with E-state index in [1.807, 2.05) is 31.2 Å². The van der Waals surface area contributed by atoms with Crippen LogP contribution in [0.1, 0.15) is 25.0 Å². The number of anilines is 1. The number of rotatable bonds is 7. The van der Waals surface area contributed by atoms with Gasteiger partial charge in [-0.05, 0) is 49.2 Å². The maximum absolute atomic E-state index is 12.0. The number of benzene rings is 2. The minimum atomic E-state index is -0.876. The molecule has 0 heterocycles. The molecule has 0 bridgehead atoms. The third-order valence-corrected chi connectivity index (χ3v) is 3.65. The molecule has 0 aliphatic rings. The Hall–Kier alpha value is -3.33. The molecule has 1 N–H and O–H groups in total. The smallest absolute Gasteiger partial charge is 0.347 e. The van der Waals surface area contributed by atoms with Crippen LogP contribution in [0.3, 0.4) is 0 Å². The Kier molecular flexibility index (Phi) is 6.75. The summed E-state index contributed by atoms with van der Waals surface area (Å²) in [4.78, 5) is 23.9.